The molecule has 0 fully saturated rings. The summed E-state index contributed by atoms with van der Waals surface area (Å²) in [5.41, 5.74) is 1.51. The number of halogens is 2. The molecule has 27 heavy (non-hydrogen) atoms. The van der Waals surface area contributed by atoms with Crippen molar-refractivity contribution < 1.29 is 17.9 Å². The van der Waals surface area contributed by atoms with E-state index < -0.39 is 10.0 Å². The number of ether oxygens (including phenoxy) is 1. The molecular weight excluding hydrogens is 411 g/mol. The quantitative estimate of drug-likeness (QED) is 0.732. The van der Waals surface area contributed by atoms with Gasteiger partial charge in [0.25, 0.3) is 5.91 Å². The molecule has 144 valence electrons. The average Bonchev–Trinajstić information content (AvgIpc) is 3.03. The number of carbonyl (C=O) groups is 1. The van der Waals surface area contributed by atoms with Crippen LogP contribution in [0.25, 0.3) is 0 Å². The minimum atomic E-state index is -3.51. The van der Waals surface area contributed by atoms with Crippen LogP contribution < -0.4 is 9.64 Å². The molecule has 0 unspecified atom stereocenters. The fourth-order valence-corrected chi connectivity index (χ4v) is 4.23. The van der Waals surface area contributed by atoms with Gasteiger partial charge in [-0.15, -0.1) is 0 Å². The highest BCUT2D eigenvalue weighted by molar-refractivity contribution is 7.89. The lowest BCUT2D eigenvalue weighted by Gasteiger charge is -2.18. The average molecular weight is 429 g/mol. The van der Waals surface area contributed by atoms with E-state index in [4.69, 9.17) is 27.9 Å². The number of carbonyl (C=O) groups excluding carboxylic acids is 1. The summed E-state index contributed by atoms with van der Waals surface area (Å²) in [4.78, 5) is 14.4. The van der Waals surface area contributed by atoms with Crippen LogP contribution in [0.15, 0.2) is 41.3 Å². The summed E-state index contributed by atoms with van der Waals surface area (Å²) in [5.74, 6) is 0.143. The van der Waals surface area contributed by atoms with Gasteiger partial charge in [-0.2, -0.15) is 0 Å². The van der Waals surface area contributed by atoms with Gasteiger partial charge in [-0.25, -0.2) is 12.7 Å². The molecule has 1 aliphatic heterocycles. The van der Waals surface area contributed by atoms with Crippen molar-refractivity contribution in [1.29, 1.82) is 0 Å². The van der Waals surface area contributed by atoms with E-state index >= 15 is 0 Å². The normalized spacial score (nSPS) is 13.7. The summed E-state index contributed by atoms with van der Waals surface area (Å²) < 4.78 is 31.2. The third kappa shape index (κ3) is 4.06. The number of sulfonamides is 1. The predicted octanol–water partition coefficient (Wildman–Crippen LogP) is 3.21. The Kier molecular flexibility index (Phi) is 5.67. The van der Waals surface area contributed by atoms with Crippen molar-refractivity contribution >= 4 is 44.8 Å². The zero-order valence-electron chi connectivity index (χ0n) is 14.8. The minimum Gasteiger partial charge on any atom is -0.482 e. The summed E-state index contributed by atoms with van der Waals surface area (Å²) in [6.45, 7) is 0.288. The van der Waals surface area contributed by atoms with Crippen LogP contribution in [-0.4, -0.2) is 45.9 Å². The molecule has 1 aliphatic rings. The molecule has 2 aromatic carbocycles. The van der Waals surface area contributed by atoms with E-state index in [1.165, 1.54) is 20.2 Å². The predicted molar refractivity (Wildman–Crippen MR) is 105 cm³/mol. The standard InChI is InChI=1S/C18H18Cl2N2O4S/c1-21(2)27(24,25)14-4-5-16-12(9-14)7-8-22(16)18(23)11-26-17-6-3-13(19)10-15(17)20/h3-6,9-10H,7-8,11H2,1-2H3. The zero-order valence-corrected chi connectivity index (χ0v) is 17.1. The van der Waals surface area contributed by atoms with Crippen molar-refractivity contribution in [2.24, 2.45) is 0 Å². The number of benzene rings is 2. The monoisotopic (exact) mass is 428 g/mol. The van der Waals surface area contributed by atoms with Crippen molar-refractivity contribution in [2.45, 2.75) is 11.3 Å². The van der Waals surface area contributed by atoms with Crippen molar-refractivity contribution in [3.63, 3.8) is 0 Å². The molecule has 0 bridgehead atoms. The van der Waals surface area contributed by atoms with Crippen molar-refractivity contribution in [3.05, 3.63) is 52.0 Å². The third-order valence-corrected chi connectivity index (χ3v) is 6.61. The molecule has 6 nitrogen and oxygen atoms in total. The van der Waals surface area contributed by atoms with Gasteiger partial charge >= 0.3 is 0 Å². The van der Waals surface area contributed by atoms with Gasteiger partial charge in [-0.1, -0.05) is 23.2 Å². The molecule has 9 heteroatoms. The lowest BCUT2D eigenvalue weighted by Crippen LogP contribution is -2.33. The molecule has 0 aliphatic carbocycles. The van der Waals surface area contributed by atoms with Gasteiger partial charge in [0.2, 0.25) is 10.0 Å². The van der Waals surface area contributed by atoms with Crippen molar-refractivity contribution in [1.82, 2.24) is 4.31 Å². The van der Waals surface area contributed by atoms with Crippen LogP contribution in [0, 0.1) is 0 Å². The molecule has 3 rings (SSSR count). The Hall–Kier alpha value is -1.80. The van der Waals surface area contributed by atoms with Crippen LogP contribution in [0.5, 0.6) is 5.75 Å². The van der Waals surface area contributed by atoms with Gasteiger partial charge < -0.3 is 9.64 Å². The summed E-state index contributed by atoms with van der Waals surface area (Å²) in [5, 5.41) is 0.811. The molecule has 0 saturated carbocycles. The SMILES string of the molecule is CN(C)S(=O)(=O)c1ccc2c(c1)CCN2C(=O)COc1ccc(Cl)cc1Cl. The summed E-state index contributed by atoms with van der Waals surface area (Å²) >= 11 is 11.9. The molecule has 0 spiro atoms. The number of rotatable bonds is 5. The molecule has 0 N–H and O–H groups in total. The second-order valence-electron chi connectivity index (χ2n) is 6.24. The Morgan fingerprint density at radius 1 is 1.19 bits per heavy atom. The van der Waals surface area contributed by atoms with Crippen LogP contribution in [0.1, 0.15) is 5.56 Å². The van der Waals surface area contributed by atoms with Gasteiger partial charge in [0.05, 0.1) is 9.92 Å². The van der Waals surface area contributed by atoms with Gasteiger partial charge in [0.15, 0.2) is 6.61 Å². The third-order valence-electron chi connectivity index (χ3n) is 4.27. The summed E-state index contributed by atoms with van der Waals surface area (Å²) in [6, 6.07) is 9.57. The highest BCUT2D eigenvalue weighted by atomic mass is 35.5. The molecule has 0 radical (unpaired) electrons. The molecular formula is C18H18Cl2N2O4S. The van der Waals surface area contributed by atoms with Crippen LogP contribution in [0.4, 0.5) is 5.69 Å². The van der Waals surface area contributed by atoms with E-state index in [1.807, 2.05) is 0 Å². The first kappa shape index (κ1) is 19.9. The van der Waals surface area contributed by atoms with Crippen LogP contribution in [-0.2, 0) is 21.2 Å². The molecule has 1 heterocycles. The van der Waals surface area contributed by atoms with Gasteiger partial charge in [0, 0.05) is 31.4 Å². The maximum atomic E-state index is 12.6. The van der Waals surface area contributed by atoms with E-state index in [9.17, 15) is 13.2 Å². The largest absolute Gasteiger partial charge is 0.482 e. The van der Waals surface area contributed by atoms with Crippen molar-refractivity contribution in [2.75, 3.05) is 32.1 Å². The minimum absolute atomic E-state index is 0.182. The zero-order chi connectivity index (χ0) is 19.8. The number of fused-ring (bicyclic) bond motifs is 1. The van der Waals surface area contributed by atoms with Gasteiger partial charge in [-0.05, 0) is 48.4 Å². The van der Waals surface area contributed by atoms with Gasteiger partial charge in [-0.3, -0.25) is 4.79 Å². The highest BCUT2D eigenvalue weighted by Crippen LogP contribution is 2.32. The molecule has 2 aromatic rings. The van der Waals surface area contributed by atoms with Crippen LogP contribution >= 0.6 is 23.2 Å². The fraction of sp³-hybridized carbons (Fsp3) is 0.278. The van der Waals surface area contributed by atoms with Gasteiger partial charge in [0.1, 0.15) is 5.75 Å². The van der Waals surface area contributed by atoms with E-state index in [2.05, 4.69) is 0 Å². The number of hydrogen-bond donors (Lipinski definition) is 0. The maximum Gasteiger partial charge on any atom is 0.264 e. The maximum absolute atomic E-state index is 12.6. The highest BCUT2D eigenvalue weighted by Gasteiger charge is 2.27. The first-order valence-electron chi connectivity index (χ1n) is 8.14. The van der Waals surface area contributed by atoms with Crippen LogP contribution in [0.3, 0.4) is 0 Å². The molecule has 0 aromatic heterocycles. The van der Waals surface area contributed by atoms with E-state index in [0.29, 0.717) is 34.4 Å². The summed E-state index contributed by atoms with van der Waals surface area (Å²) in [6.07, 6.45) is 0.583. The summed E-state index contributed by atoms with van der Waals surface area (Å²) in [7, 11) is -0.544. The Balaban J connectivity index is 1.74. The lowest BCUT2D eigenvalue weighted by molar-refractivity contribution is -0.120. The lowest BCUT2D eigenvalue weighted by atomic mass is 10.2. The Morgan fingerprint density at radius 3 is 2.59 bits per heavy atom. The first-order chi connectivity index (χ1) is 12.7. The van der Waals surface area contributed by atoms with E-state index in [1.54, 1.807) is 35.2 Å². The topological polar surface area (TPSA) is 66.9 Å². The number of nitrogens with zero attached hydrogens (tertiary/aromatic N) is 2. The molecule has 0 atom stereocenters. The number of anilines is 1. The Morgan fingerprint density at radius 2 is 1.93 bits per heavy atom. The Bertz CT molecular complexity index is 993. The van der Waals surface area contributed by atoms with Crippen LogP contribution in [0.2, 0.25) is 10.0 Å². The number of amides is 1. The fourth-order valence-electron chi connectivity index (χ4n) is 2.82. The first-order valence-corrected chi connectivity index (χ1v) is 10.3. The second-order valence-corrected chi connectivity index (χ2v) is 9.23. The van der Waals surface area contributed by atoms with E-state index in [0.717, 1.165) is 9.87 Å². The van der Waals surface area contributed by atoms with Crippen molar-refractivity contribution in [3.8, 4) is 5.75 Å². The Labute approximate surface area is 168 Å². The smallest absolute Gasteiger partial charge is 0.264 e. The molecule has 0 saturated heterocycles. The molecule has 1 amide bonds. The second kappa shape index (κ2) is 7.67. The number of hydrogen-bond acceptors (Lipinski definition) is 4. The van der Waals surface area contributed by atoms with E-state index in [-0.39, 0.29) is 17.4 Å².